The average Bonchev–Trinajstić information content (AvgIpc) is 2.37. The van der Waals surface area contributed by atoms with Gasteiger partial charge in [-0.15, -0.1) is 0 Å². The van der Waals surface area contributed by atoms with Gasteiger partial charge in [0, 0.05) is 12.0 Å². The van der Waals surface area contributed by atoms with Gasteiger partial charge in [0.25, 0.3) is 0 Å². The van der Waals surface area contributed by atoms with Gasteiger partial charge in [-0.25, -0.2) is 4.39 Å². The van der Waals surface area contributed by atoms with Crippen LogP contribution in [-0.2, 0) is 6.42 Å². The maximum absolute atomic E-state index is 12.9. The highest BCUT2D eigenvalue weighted by molar-refractivity contribution is 5.96. The Morgan fingerprint density at radius 3 is 2.50 bits per heavy atom. The third-order valence-electron chi connectivity index (χ3n) is 2.72. The molecule has 92 valence electrons. The van der Waals surface area contributed by atoms with Crippen LogP contribution in [0.1, 0.15) is 22.3 Å². The van der Waals surface area contributed by atoms with Crippen molar-refractivity contribution >= 4 is 5.78 Å². The van der Waals surface area contributed by atoms with Crippen molar-refractivity contribution in [2.75, 3.05) is 0 Å². The monoisotopic (exact) mass is 244 g/mol. The van der Waals surface area contributed by atoms with E-state index < -0.39 is 0 Å². The van der Waals surface area contributed by atoms with Crippen LogP contribution in [0, 0.1) is 5.82 Å². The molecule has 0 aliphatic rings. The first kappa shape index (κ1) is 12.3. The number of hydrogen-bond donors (Lipinski definition) is 1. The summed E-state index contributed by atoms with van der Waals surface area (Å²) in [5.74, 6) is -0.166. The summed E-state index contributed by atoms with van der Waals surface area (Å²) in [6.07, 6.45) is 0.839. The number of rotatable bonds is 4. The second-order valence-corrected chi connectivity index (χ2v) is 4.10. The fourth-order valence-electron chi connectivity index (χ4n) is 1.74. The highest BCUT2D eigenvalue weighted by Crippen LogP contribution is 2.13. The molecule has 0 heterocycles. The Bertz CT molecular complexity index is 547. The Kier molecular flexibility index (Phi) is 3.72. The molecule has 2 aromatic carbocycles. The molecule has 3 heteroatoms. The lowest BCUT2D eigenvalue weighted by Gasteiger charge is -2.02. The molecule has 0 aliphatic heterocycles. The van der Waals surface area contributed by atoms with E-state index in [1.807, 2.05) is 0 Å². The minimum absolute atomic E-state index is 0.0146. The number of benzene rings is 2. The molecular weight excluding hydrogens is 231 g/mol. The highest BCUT2D eigenvalue weighted by Gasteiger charge is 2.06. The first-order chi connectivity index (χ1) is 8.65. The van der Waals surface area contributed by atoms with Crippen LogP contribution in [0.4, 0.5) is 4.39 Å². The van der Waals surface area contributed by atoms with Crippen LogP contribution < -0.4 is 0 Å². The molecule has 0 fully saturated rings. The molecular formula is C15H13FO2. The maximum atomic E-state index is 12.9. The van der Waals surface area contributed by atoms with Gasteiger partial charge in [-0.2, -0.15) is 0 Å². The number of aromatic hydroxyl groups is 1. The average molecular weight is 244 g/mol. The molecule has 0 aromatic heterocycles. The van der Waals surface area contributed by atoms with E-state index >= 15 is 0 Å². The summed E-state index contributed by atoms with van der Waals surface area (Å²) in [6.45, 7) is 0. The molecule has 2 rings (SSSR count). The Morgan fingerprint density at radius 1 is 1.11 bits per heavy atom. The fourth-order valence-corrected chi connectivity index (χ4v) is 1.74. The number of aryl methyl sites for hydroxylation is 1. The number of halogens is 1. The molecule has 0 atom stereocenters. The molecule has 2 aromatic rings. The zero-order chi connectivity index (χ0) is 13.0. The van der Waals surface area contributed by atoms with Crippen LogP contribution in [0.2, 0.25) is 0 Å². The molecule has 0 amide bonds. The lowest BCUT2D eigenvalue weighted by atomic mass is 10.0. The van der Waals surface area contributed by atoms with Crippen LogP contribution in [-0.4, -0.2) is 10.9 Å². The van der Waals surface area contributed by atoms with Gasteiger partial charge in [0.1, 0.15) is 11.6 Å². The van der Waals surface area contributed by atoms with Gasteiger partial charge in [0.2, 0.25) is 0 Å². The van der Waals surface area contributed by atoms with E-state index in [1.54, 1.807) is 24.3 Å². The van der Waals surface area contributed by atoms with Crippen LogP contribution in [0.3, 0.4) is 0 Å². The van der Waals surface area contributed by atoms with Crippen LogP contribution in [0.15, 0.2) is 48.5 Å². The third kappa shape index (κ3) is 3.17. The summed E-state index contributed by atoms with van der Waals surface area (Å²) in [6, 6.07) is 12.4. The molecule has 0 aliphatic carbocycles. The van der Waals surface area contributed by atoms with E-state index in [-0.39, 0.29) is 17.3 Å². The van der Waals surface area contributed by atoms with Crippen molar-refractivity contribution in [2.45, 2.75) is 12.8 Å². The second kappa shape index (κ2) is 5.45. The largest absolute Gasteiger partial charge is 0.508 e. The molecule has 18 heavy (non-hydrogen) atoms. The fraction of sp³-hybridized carbons (Fsp3) is 0.133. The van der Waals surface area contributed by atoms with Crippen molar-refractivity contribution < 1.29 is 14.3 Å². The zero-order valence-corrected chi connectivity index (χ0v) is 9.77. The van der Waals surface area contributed by atoms with Crippen molar-refractivity contribution in [3.05, 3.63) is 65.5 Å². The third-order valence-corrected chi connectivity index (χ3v) is 2.72. The van der Waals surface area contributed by atoms with E-state index in [1.165, 1.54) is 24.3 Å². The number of Topliss-reactive ketones (excluding diaryl/α,β-unsaturated/α-hetero) is 1. The van der Waals surface area contributed by atoms with Crippen LogP contribution in [0.25, 0.3) is 0 Å². The number of ketones is 1. The van der Waals surface area contributed by atoms with E-state index in [0.717, 1.165) is 5.56 Å². The van der Waals surface area contributed by atoms with E-state index in [2.05, 4.69) is 0 Å². The topological polar surface area (TPSA) is 37.3 Å². The van der Waals surface area contributed by atoms with Gasteiger partial charge < -0.3 is 5.11 Å². The number of carbonyl (C=O) groups is 1. The van der Waals surface area contributed by atoms with E-state index in [4.69, 9.17) is 5.11 Å². The molecule has 0 bridgehead atoms. The minimum atomic E-state index is -0.287. The lowest BCUT2D eigenvalue weighted by molar-refractivity contribution is 0.0983. The minimum Gasteiger partial charge on any atom is -0.508 e. The summed E-state index contributed by atoms with van der Waals surface area (Å²) in [7, 11) is 0. The van der Waals surface area contributed by atoms with Crippen molar-refractivity contribution in [3.8, 4) is 5.75 Å². The summed E-state index contributed by atoms with van der Waals surface area (Å²) in [5, 5.41) is 9.12. The van der Waals surface area contributed by atoms with Crippen LogP contribution >= 0.6 is 0 Å². The Hall–Kier alpha value is -2.16. The SMILES string of the molecule is O=C(CCc1cccc(F)c1)c1ccc(O)cc1. The Balaban J connectivity index is 1.98. The molecule has 0 unspecified atom stereocenters. The molecule has 0 saturated heterocycles. The van der Waals surface area contributed by atoms with E-state index in [0.29, 0.717) is 18.4 Å². The summed E-state index contributed by atoms with van der Waals surface area (Å²) >= 11 is 0. The standard InChI is InChI=1S/C15H13FO2/c16-13-3-1-2-11(10-13)4-9-15(18)12-5-7-14(17)8-6-12/h1-3,5-8,10,17H,4,9H2. The summed E-state index contributed by atoms with van der Waals surface area (Å²) < 4.78 is 12.9. The van der Waals surface area contributed by atoms with Gasteiger partial charge in [0.15, 0.2) is 5.78 Å². The number of carbonyl (C=O) groups excluding carboxylic acids is 1. The first-order valence-corrected chi connectivity index (χ1v) is 5.72. The number of phenolic OH excluding ortho intramolecular Hbond substituents is 1. The van der Waals surface area contributed by atoms with Gasteiger partial charge in [-0.05, 0) is 48.4 Å². The number of phenols is 1. The number of hydrogen-bond acceptors (Lipinski definition) is 2. The summed E-state index contributed by atoms with van der Waals surface area (Å²) in [5.41, 5.74) is 1.37. The second-order valence-electron chi connectivity index (χ2n) is 4.10. The molecule has 0 spiro atoms. The van der Waals surface area contributed by atoms with Crippen molar-refractivity contribution in [1.82, 2.24) is 0 Å². The van der Waals surface area contributed by atoms with Crippen LogP contribution in [0.5, 0.6) is 5.75 Å². The van der Waals surface area contributed by atoms with Gasteiger partial charge in [0.05, 0.1) is 0 Å². The molecule has 1 N–H and O–H groups in total. The first-order valence-electron chi connectivity index (χ1n) is 5.72. The Morgan fingerprint density at radius 2 is 1.83 bits per heavy atom. The molecule has 0 radical (unpaired) electrons. The predicted molar refractivity (Wildman–Crippen MR) is 67.2 cm³/mol. The molecule has 0 saturated carbocycles. The maximum Gasteiger partial charge on any atom is 0.163 e. The van der Waals surface area contributed by atoms with Crippen molar-refractivity contribution in [1.29, 1.82) is 0 Å². The molecule has 2 nitrogen and oxygen atoms in total. The normalized spacial score (nSPS) is 10.3. The van der Waals surface area contributed by atoms with E-state index in [9.17, 15) is 9.18 Å². The van der Waals surface area contributed by atoms with Crippen molar-refractivity contribution in [3.63, 3.8) is 0 Å². The zero-order valence-electron chi connectivity index (χ0n) is 9.77. The smallest absolute Gasteiger partial charge is 0.163 e. The van der Waals surface area contributed by atoms with Crippen molar-refractivity contribution in [2.24, 2.45) is 0 Å². The van der Waals surface area contributed by atoms with Gasteiger partial charge in [-0.1, -0.05) is 12.1 Å². The Labute approximate surface area is 105 Å². The van der Waals surface area contributed by atoms with Gasteiger partial charge in [-0.3, -0.25) is 4.79 Å². The summed E-state index contributed by atoms with van der Waals surface area (Å²) in [4.78, 5) is 11.8. The van der Waals surface area contributed by atoms with Gasteiger partial charge >= 0.3 is 0 Å². The quantitative estimate of drug-likeness (QED) is 0.837. The predicted octanol–water partition coefficient (Wildman–Crippen LogP) is 3.35. The lowest BCUT2D eigenvalue weighted by Crippen LogP contribution is -2.01. The highest BCUT2D eigenvalue weighted by atomic mass is 19.1.